The highest BCUT2D eigenvalue weighted by atomic mass is 32.1. The molecule has 0 radical (unpaired) electrons. The maximum Gasteiger partial charge on any atom is 0.271 e. The van der Waals surface area contributed by atoms with Gasteiger partial charge in [0, 0.05) is 12.4 Å². The molecular formula is C13H10N4OS. The molecule has 0 spiro atoms. The molecule has 0 saturated heterocycles. The minimum absolute atomic E-state index is 0.243. The highest BCUT2D eigenvalue weighted by Gasteiger charge is 2.08. The van der Waals surface area contributed by atoms with Gasteiger partial charge in [0.2, 0.25) is 0 Å². The van der Waals surface area contributed by atoms with Gasteiger partial charge in [0.15, 0.2) is 0 Å². The first-order valence-corrected chi connectivity index (χ1v) is 6.53. The number of amides is 1. The van der Waals surface area contributed by atoms with Crippen molar-refractivity contribution in [3.63, 3.8) is 0 Å². The Hall–Kier alpha value is -2.34. The van der Waals surface area contributed by atoms with E-state index in [-0.39, 0.29) is 5.91 Å². The number of thiazole rings is 1. The van der Waals surface area contributed by atoms with Crippen molar-refractivity contribution in [3.8, 4) is 0 Å². The number of carbonyl (C=O) groups excluding carboxylic acids is 1. The number of hydrogen-bond donors (Lipinski definition) is 1. The summed E-state index contributed by atoms with van der Waals surface area (Å²) in [6.45, 7) is 0.398. The fourth-order valence-corrected chi connectivity index (χ4v) is 2.57. The summed E-state index contributed by atoms with van der Waals surface area (Å²) in [5.41, 5.74) is 1.26. The summed E-state index contributed by atoms with van der Waals surface area (Å²) in [5.74, 6) is -0.243. The van der Waals surface area contributed by atoms with Gasteiger partial charge in [-0.3, -0.25) is 9.78 Å². The molecule has 0 aliphatic heterocycles. The number of nitrogens with one attached hydrogen (secondary N) is 1. The molecule has 2 aromatic heterocycles. The van der Waals surface area contributed by atoms with Crippen LogP contribution in [0.2, 0.25) is 0 Å². The third kappa shape index (κ3) is 2.58. The molecule has 0 aliphatic carbocycles. The molecule has 19 heavy (non-hydrogen) atoms. The minimum atomic E-state index is -0.243. The van der Waals surface area contributed by atoms with Crippen LogP contribution in [0.1, 0.15) is 15.5 Å². The Balaban J connectivity index is 1.71. The Morgan fingerprint density at radius 1 is 1.26 bits per heavy atom. The van der Waals surface area contributed by atoms with Gasteiger partial charge in [-0.05, 0) is 12.1 Å². The molecule has 6 heteroatoms. The first-order chi connectivity index (χ1) is 9.33. The van der Waals surface area contributed by atoms with Gasteiger partial charge in [-0.25, -0.2) is 9.97 Å². The van der Waals surface area contributed by atoms with Crippen molar-refractivity contribution in [1.82, 2.24) is 20.3 Å². The molecule has 1 amide bonds. The van der Waals surface area contributed by atoms with Crippen molar-refractivity contribution < 1.29 is 4.79 Å². The second-order valence-electron chi connectivity index (χ2n) is 3.85. The fourth-order valence-electron chi connectivity index (χ4n) is 1.66. The third-order valence-electron chi connectivity index (χ3n) is 2.53. The number of benzene rings is 1. The number of rotatable bonds is 3. The van der Waals surface area contributed by atoms with Gasteiger partial charge >= 0.3 is 0 Å². The number of aromatic nitrogens is 3. The Morgan fingerprint density at radius 2 is 2.16 bits per heavy atom. The van der Waals surface area contributed by atoms with Crippen molar-refractivity contribution in [2.45, 2.75) is 6.54 Å². The number of fused-ring (bicyclic) bond motifs is 1. The lowest BCUT2D eigenvalue weighted by atomic mass is 10.3. The molecule has 0 fully saturated rings. The van der Waals surface area contributed by atoms with E-state index in [4.69, 9.17) is 0 Å². The van der Waals surface area contributed by atoms with E-state index < -0.39 is 0 Å². The number of para-hydroxylation sites is 1. The summed E-state index contributed by atoms with van der Waals surface area (Å²) in [6, 6.07) is 7.90. The van der Waals surface area contributed by atoms with Gasteiger partial charge in [0.25, 0.3) is 5.91 Å². The maximum atomic E-state index is 11.8. The van der Waals surface area contributed by atoms with E-state index in [9.17, 15) is 4.79 Å². The molecule has 0 atom stereocenters. The summed E-state index contributed by atoms with van der Waals surface area (Å²) in [6.07, 6.45) is 4.46. The lowest BCUT2D eigenvalue weighted by molar-refractivity contribution is 0.0945. The molecule has 0 saturated carbocycles. The van der Waals surface area contributed by atoms with Crippen LogP contribution < -0.4 is 5.32 Å². The fraction of sp³-hybridized carbons (Fsp3) is 0.0769. The Bertz CT molecular complexity index is 678. The van der Waals surface area contributed by atoms with E-state index in [1.807, 2.05) is 24.3 Å². The van der Waals surface area contributed by atoms with Crippen LogP contribution in [0.4, 0.5) is 0 Å². The summed E-state index contributed by atoms with van der Waals surface area (Å²) in [4.78, 5) is 24.0. The SMILES string of the molecule is O=C(NCc1nc2ccccc2s1)c1cnccn1. The van der Waals surface area contributed by atoms with Crippen LogP contribution in [-0.4, -0.2) is 20.9 Å². The summed E-state index contributed by atoms with van der Waals surface area (Å²) >= 11 is 1.57. The van der Waals surface area contributed by atoms with Crippen LogP contribution in [0.15, 0.2) is 42.9 Å². The number of nitrogens with zero attached hydrogens (tertiary/aromatic N) is 3. The molecular weight excluding hydrogens is 260 g/mol. The lowest BCUT2D eigenvalue weighted by Gasteiger charge is -2.00. The standard InChI is InChI=1S/C13H10N4OS/c18-13(10-7-14-5-6-15-10)16-8-12-17-9-3-1-2-4-11(9)19-12/h1-7H,8H2,(H,16,18). The normalized spacial score (nSPS) is 10.5. The second-order valence-corrected chi connectivity index (χ2v) is 4.96. The molecule has 5 nitrogen and oxygen atoms in total. The van der Waals surface area contributed by atoms with Gasteiger partial charge in [-0.2, -0.15) is 0 Å². The number of carbonyl (C=O) groups is 1. The quantitative estimate of drug-likeness (QED) is 0.790. The van der Waals surface area contributed by atoms with Crippen molar-refractivity contribution in [1.29, 1.82) is 0 Å². The second kappa shape index (κ2) is 5.11. The predicted molar refractivity (Wildman–Crippen MR) is 72.8 cm³/mol. The van der Waals surface area contributed by atoms with E-state index >= 15 is 0 Å². The summed E-state index contributed by atoms with van der Waals surface area (Å²) < 4.78 is 1.12. The first-order valence-electron chi connectivity index (χ1n) is 5.71. The van der Waals surface area contributed by atoms with Crippen molar-refractivity contribution in [2.24, 2.45) is 0 Å². The van der Waals surface area contributed by atoms with Crippen LogP contribution in [0.5, 0.6) is 0 Å². The molecule has 1 N–H and O–H groups in total. The van der Waals surface area contributed by atoms with Crippen molar-refractivity contribution in [3.05, 3.63) is 53.6 Å². The van der Waals surface area contributed by atoms with Crippen molar-refractivity contribution >= 4 is 27.5 Å². The topological polar surface area (TPSA) is 67.8 Å². The molecule has 2 heterocycles. The van der Waals surface area contributed by atoms with Gasteiger partial charge in [-0.15, -0.1) is 11.3 Å². The first kappa shape index (κ1) is 11.7. The van der Waals surface area contributed by atoms with Gasteiger partial charge in [-0.1, -0.05) is 12.1 Å². The Labute approximate surface area is 113 Å². The van der Waals surface area contributed by atoms with E-state index in [1.54, 1.807) is 11.3 Å². The highest BCUT2D eigenvalue weighted by Crippen LogP contribution is 2.21. The van der Waals surface area contributed by atoms with Crippen LogP contribution in [-0.2, 0) is 6.54 Å². The van der Waals surface area contributed by atoms with Crippen LogP contribution in [0.3, 0.4) is 0 Å². The average molecular weight is 270 g/mol. The summed E-state index contributed by atoms with van der Waals surface area (Å²) in [7, 11) is 0. The van der Waals surface area contributed by atoms with E-state index in [0.717, 1.165) is 15.2 Å². The van der Waals surface area contributed by atoms with Crippen LogP contribution in [0, 0.1) is 0 Å². The van der Waals surface area contributed by atoms with E-state index in [1.165, 1.54) is 18.6 Å². The average Bonchev–Trinajstić information content (AvgIpc) is 2.88. The van der Waals surface area contributed by atoms with E-state index in [0.29, 0.717) is 12.2 Å². The van der Waals surface area contributed by atoms with Gasteiger partial charge in [0.1, 0.15) is 10.7 Å². The molecule has 3 rings (SSSR count). The zero-order valence-corrected chi connectivity index (χ0v) is 10.7. The van der Waals surface area contributed by atoms with Gasteiger partial charge in [0.05, 0.1) is 23.0 Å². The molecule has 1 aromatic carbocycles. The van der Waals surface area contributed by atoms with Crippen molar-refractivity contribution in [2.75, 3.05) is 0 Å². The smallest absolute Gasteiger partial charge is 0.271 e. The molecule has 3 aromatic rings. The third-order valence-corrected chi connectivity index (χ3v) is 3.57. The van der Waals surface area contributed by atoms with Crippen LogP contribution in [0.25, 0.3) is 10.2 Å². The lowest BCUT2D eigenvalue weighted by Crippen LogP contribution is -2.23. The van der Waals surface area contributed by atoms with Gasteiger partial charge < -0.3 is 5.32 Å². The Kier molecular flexibility index (Phi) is 3.16. The predicted octanol–water partition coefficient (Wildman–Crippen LogP) is 2.02. The molecule has 0 unspecified atom stereocenters. The maximum absolute atomic E-state index is 11.8. The minimum Gasteiger partial charge on any atom is -0.344 e. The zero-order valence-electron chi connectivity index (χ0n) is 9.91. The molecule has 0 bridgehead atoms. The summed E-state index contributed by atoms with van der Waals surface area (Å²) in [5, 5.41) is 3.66. The van der Waals surface area contributed by atoms with E-state index in [2.05, 4.69) is 20.3 Å². The Morgan fingerprint density at radius 3 is 2.95 bits per heavy atom. The largest absolute Gasteiger partial charge is 0.344 e. The number of hydrogen-bond acceptors (Lipinski definition) is 5. The zero-order chi connectivity index (χ0) is 13.1. The highest BCUT2D eigenvalue weighted by molar-refractivity contribution is 7.18. The molecule has 94 valence electrons. The monoisotopic (exact) mass is 270 g/mol. The molecule has 0 aliphatic rings. The van der Waals surface area contributed by atoms with Crippen LogP contribution >= 0.6 is 11.3 Å².